The average molecular weight is 985 g/mol. The van der Waals surface area contributed by atoms with E-state index in [2.05, 4.69) is 13.3 Å². The van der Waals surface area contributed by atoms with Crippen LogP contribution in [-0.2, 0) is 42.7 Å². The topological polar surface area (TPSA) is 182 Å². The summed E-state index contributed by atoms with van der Waals surface area (Å²) in [5.41, 5.74) is 1.68. The van der Waals surface area contributed by atoms with Gasteiger partial charge in [-0.05, 0) is 97.0 Å². The summed E-state index contributed by atoms with van der Waals surface area (Å²) in [5.74, 6) is -1.67. The third-order valence-corrected chi connectivity index (χ3v) is 11.4. The van der Waals surface area contributed by atoms with Gasteiger partial charge in [0.05, 0.1) is 26.4 Å². The first-order valence-electron chi connectivity index (χ1n) is 23.0. The van der Waals surface area contributed by atoms with E-state index in [1.807, 2.05) is 45.9 Å². The van der Waals surface area contributed by atoms with Crippen molar-refractivity contribution in [2.75, 3.05) is 55.4 Å². The van der Waals surface area contributed by atoms with Crippen molar-refractivity contribution in [1.29, 1.82) is 0 Å². The molecule has 3 unspecified atom stereocenters. The summed E-state index contributed by atoms with van der Waals surface area (Å²) < 4.78 is 67.5. The van der Waals surface area contributed by atoms with Gasteiger partial charge in [-0.25, -0.2) is 9.59 Å². The quantitative estimate of drug-likeness (QED) is 0.115. The first kappa shape index (κ1) is 56.9. The van der Waals surface area contributed by atoms with Gasteiger partial charge in [0, 0.05) is 38.2 Å². The maximum absolute atomic E-state index is 13.2. The van der Waals surface area contributed by atoms with Gasteiger partial charge in [-0.3, -0.25) is 4.79 Å². The van der Waals surface area contributed by atoms with E-state index in [0.29, 0.717) is 41.2 Å². The number of methoxy groups -OCH3 is 4. The van der Waals surface area contributed by atoms with Crippen LogP contribution in [0.4, 0.5) is 0 Å². The molecule has 0 saturated carbocycles. The van der Waals surface area contributed by atoms with Gasteiger partial charge in [0.1, 0.15) is 64.6 Å². The molecule has 0 amide bonds. The van der Waals surface area contributed by atoms with E-state index in [0.717, 1.165) is 8.58 Å². The van der Waals surface area contributed by atoms with Crippen LogP contribution in [0.3, 0.4) is 0 Å². The van der Waals surface area contributed by atoms with Gasteiger partial charge in [-0.2, -0.15) is 0 Å². The van der Waals surface area contributed by atoms with Crippen molar-refractivity contribution in [1.82, 2.24) is 0 Å². The molecule has 382 valence electrons. The first-order valence-corrected chi connectivity index (χ1v) is 25.0. The third-order valence-electron chi connectivity index (χ3n) is 11.4. The molecule has 17 heteroatoms. The molecule has 2 saturated heterocycles. The Morgan fingerprint density at radius 3 is 1.55 bits per heavy atom. The van der Waals surface area contributed by atoms with Crippen LogP contribution < -0.4 is 18.9 Å². The van der Waals surface area contributed by atoms with Crippen molar-refractivity contribution in [3.8, 4) is 23.0 Å². The van der Waals surface area contributed by atoms with Crippen LogP contribution in [-0.4, -0.2) is 132 Å². The summed E-state index contributed by atoms with van der Waals surface area (Å²) >= 11 is 0. The molecular weight excluding hydrogens is 912 g/mol. The van der Waals surface area contributed by atoms with Crippen molar-refractivity contribution < 1.29 is 76.3 Å². The van der Waals surface area contributed by atoms with Crippen LogP contribution in [0.1, 0.15) is 100 Å². The number of rotatable bonds is 8. The Balaban J connectivity index is 0.000000284. The highest BCUT2D eigenvalue weighted by atomic mass is 31.1. The zero-order chi connectivity index (χ0) is 51.1. The normalized spacial score (nSPS) is 29.3. The molecule has 9 atom stereocenters. The van der Waals surface area contributed by atoms with Crippen molar-refractivity contribution in [2.45, 2.75) is 123 Å². The number of carbonyl (C=O) groups is 3. The molecule has 2 aromatic rings. The molecule has 2 fully saturated rings. The summed E-state index contributed by atoms with van der Waals surface area (Å²) in [4.78, 5) is 39.2. The van der Waals surface area contributed by atoms with Crippen LogP contribution in [0.25, 0.3) is 12.2 Å². The Bertz CT molecular complexity index is 2150. The minimum atomic E-state index is -0.874. The lowest BCUT2D eigenvalue weighted by Crippen LogP contribution is -2.34. The van der Waals surface area contributed by atoms with Gasteiger partial charge in [0.25, 0.3) is 0 Å². The molecule has 16 nitrogen and oxygen atoms in total. The molecule has 0 aliphatic carbocycles. The second kappa shape index (κ2) is 26.5. The van der Waals surface area contributed by atoms with Crippen LogP contribution in [0.5, 0.6) is 23.0 Å². The lowest BCUT2D eigenvalue weighted by atomic mass is 9.99. The van der Waals surface area contributed by atoms with E-state index in [4.69, 9.17) is 56.8 Å². The number of aliphatic hydroxyl groups is 1. The van der Waals surface area contributed by atoms with E-state index in [1.165, 1.54) is 27.4 Å². The molecule has 1 N–H and O–H groups in total. The Morgan fingerprint density at radius 1 is 0.623 bits per heavy atom. The van der Waals surface area contributed by atoms with Gasteiger partial charge in [0.2, 0.25) is 0 Å². The molecule has 0 spiro atoms. The second-order valence-electron chi connectivity index (χ2n) is 17.9. The Morgan fingerprint density at radius 2 is 1.07 bits per heavy atom. The zero-order valence-corrected chi connectivity index (χ0v) is 43.5. The van der Waals surface area contributed by atoms with E-state index < -0.39 is 60.1 Å². The van der Waals surface area contributed by atoms with Crippen molar-refractivity contribution in [2.24, 2.45) is 11.8 Å². The van der Waals surface area contributed by atoms with Crippen molar-refractivity contribution >= 4 is 38.5 Å². The summed E-state index contributed by atoms with van der Waals surface area (Å²) in [6, 6.07) is 6.72. The van der Waals surface area contributed by atoms with Crippen LogP contribution in [0, 0.1) is 11.8 Å². The van der Waals surface area contributed by atoms with E-state index in [9.17, 15) is 19.5 Å². The number of hydrogen-bond donors (Lipinski definition) is 1. The van der Waals surface area contributed by atoms with Crippen LogP contribution in [0.15, 0.2) is 60.7 Å². The maximum atomic E-state index is 13.2. The van der Waals surface area contributed by atoms with Gasteiger partial charge in [-0.1, -0.05) is 56.4 Å². The fourth-order valence-electron chi connectivity index (χ4n) is 7.59. The number of benzene rings is 2. The standard InChI is InChI=1S/C25H34O8.C25H32O8.C2H7P/c2*1-15-10-11-19(26)23-20(32-25(3,4)33-23)9-7-8-17-12-18(29-6)13-21(30-14-28-5)22(17)24(27)31-16(15)2;1-3-2/h7-8,10-13,15-16,19-20,23,26H,9,14H2,1-6H3;7-8,10-13,15-16,20,23H,9,14H2,1-6H3;3H,1-2H3/b2*8-7+,11-10-;/t15-,16+,19?,20+,23?;15-,16+,20+,23?;/m11./s1. The Labute approximate surface area is 409 Å². The van der Waals surface area contributed by atoms with E-state index in [1.54, 1.807) is 83.4 Å². The monoisotopic (exact) mass is 984 g/mol. The number of esters is 2. The minimum absolute atomic E-state index is 0.0345. The number of carbonyl (C=O) groups excluding carboxylic acids is 3. The first-order chi connectivity index (χ1) is 32.7. The summed E-state index contributed by atoms with van der Waals surface area (Å²) in [6.45, 7) is 18.8. The highest BCUT2D eigenvalue weighted by Gasteiger charge is 2.45. The third kappa shape index (κ3) is 16.2. The molecule has 2 aromatic carbocycles. The SMILES string of the molecule is COCOc1cc(OC)cc2c1C(=O)O[C@@H](C)[C@H](C)/C=C\C(=O)C1OC(C)(C)O[C@H]1C/C=C/2.COCOc1cc(OC)cc2c1C(=O)O[C@@H](C)[C@H](C)/C=C\C(O)C1OC(C)(C)O[C@H]1C/C=C/2.CPC. The minimum Gasteiger partial charge on any atom is -0.497 e. The molecule has 0 bridgehead atoms. The number of aliphatic hydroxyl groups excluding tert-OH is 1. The summed E-state index contributed by atoms with van der Waals surface area (Å²) in [6.07, 6.45) is 11.0. The summed E-state index contributed by atoms with van der Waals surface area (Å²) in [5, 5.41) is 10.8. The Hall–Kier alpha value is -4.64. The van der Waals surface area contributed by atoms with Crippen molar-refractivity contribution in [3.63, 3.8) is 0 Å². The lowest BCUT2D eigenvalue weighted by molar-refractivity contribution is -0.152. The number of ketones is 1. The van der Waals surface area contributed by atoms with Crippen LogP contribution >= 0.6 is 8.58 Å². The van der Waals surface area contributed by atoms with Gasteiger partial charge in [0.15, 0.2) is 30.9 Å². The van der Waals surface area contributed by atoms with Crippen LogP contribution in [0.2, 0.25) is 0 Å². The number of hydrogen-bond acceptors (Lipinski definition) is 16. The predicted octanol–water partition coefficient (Wildman–Crippen LogP) is 8.56. The molecule has 4 aliphatic rings. The fraction of sp³-hybridized carbons (Fsp3) is 0.558. The second-order valence-corrected chi connectivity index (χ2v) is 18.9. The molecule has 0 radical (unpaired) electrons. The molecule has 0 aromatic heterocycles. The highest BCUT2D eigenvalue weighted by molar-refractivity contribution is 7.35. The fourth-order valence-corrected chi connectivity index (χ4v) is 7.59. The molecule has 69 heavy (non-hydrogen) atoms. The van der Waals surface area contributed by atoms with Gasteiger partial charge < -0.3 is 61.9 Å². The van der Waals surface area contributed by atoms with Gasteiger partial charge in [-0.15, -0.1) is 8.58 Å². The largest absolute Gasteiger partial charge is 0.497 e. The smallest absolute Gasteiger partial charge is 0.342 e. The van der Waals surface area contributed by atoms with Gasteiger partial charge >= 0.3 is 11.9 Å². The molecule has 6 rings (SSSR count). The van der Waals surface area contributed by atoms with Crippen molar-refractivity contribution in [3.05, 3.63) is 83.0 Å². The van der Waals surface area contributed by atoms with E-state index in [-0.39, 0.29) is 54.2 Å². The number of fused-ring (bicyclic) bond motifs is 4. The zero-order valence-electron chi connectivity index (χ0n) is 42.5. The van der Waals surface area contributed by atoms with E-state index >= 15 is 0 Å². The lowest BCUT2D eigenvalue weighted by Gasteiger charge is -2.23. The molecular formula is C52H73O16P. The summed E-state index contributed by atoms with van der Waals surface area (Å²) in [7, 11) is 7.16. The molecule has 4 aliphatic heterocycles. The Kier molecular flexibility index (Phi) is 21.9. The molecule has 4 heterocycles. The number of ether oxygens (including phenoxy) is 12. The average Bonchev–Trinajstić information content (AvgIpc) is 3.80. The predicted molar refractivity (Wildman–Crippen MR) is 263 cm³/mol. The maximum Gasteiger partial charge on any atom is 0.342 e. The highest BCUT2D eigenvalue weighted by Crippen LogP contribution is 2.37. The number of cyclic esters (lactones) is 2.